The Hall–Kier alpha value is -5.90. The van der Waals surface area contributed by atoms with E-state index >= 15 is 9.59 Å². The number of piperazine rings is 1. The number of thioether (sulfide) groups is 1. The highest BCUT2D eigenvalue weighted by Crippen LogP contribution is 2.65. The summed E-state index contributed by atoms with van der Waals surface area (Å²) in [5, 5.41) is 26.8. The molecule has 4 bridgehead atoms. The van der Waals surface area contributed by atoms with E-state index in [2.05, 4.69) is 18.3 Å². The number of phenols is 1. The highest BCUT2D eigenvalue weighted by molar-refractivity contribution is 7.99. The van der Waals surface area contributed by atoms with E-state index in [0.29, 0.717) is 64.3 Å². The van der Waals surface area contributed by atoms with Crippen LogP contribution in [0.1, 0.15) is 186 Å². The van der Waals surface area contributed by atoms with Crippen molar-refractivity contribution < 1.29 is 62.2 Å². The first-order valence-corrected chi connectivity index (χ1v) is 29.2. The third-order valence-electron chi connectivity index (χ3n) is 16.4. The number of aromatic hydroxyl groups is 1. The number of benzene rings is 3. The summed E-state index contributed by atoms with van der Waals surface area (Å²) in [4.78, 5) is 60.7. The lowest BCUT2D eigenvalue weighted by atomic mass is 9.71. The minimum atomic E-state index is -1.53. The number of carbonyl (C=O) groups excluding carboxylic acids is 4. The van der Waals surface area contributed by atoms with E-state index in [1.165, 1.54) is 90.7 Å². The standard InChI is InChI=1S/C60H78N4O13S/c1-10-11-12-13-14-15-16-17-18-19-20-21-22-23-45(66)76-44-28-37-24-25-62-60(39(37)29-43(44)70-8)32-78-56-48-47(55-54(73-33-74-55)35(3)53(48)75-36(4)65)42(31-72-57(60)68)63-41(30-61)40-27-38-26-34(2)52(71-9)51(67)46(38)49(50(56)63)64(40)58(69)77-59(5,6)7/h26,28-29,40-42,49-50,56,62,67H,10-25,27,31-33H2,1-9H3/t40-,41+,42-,49-,50?,56-,60-/m1/s1. The van der Waals surface area contributed by atoms with Crippen molar-refractivity contribution >= 4 is 35.8 Å². The monoisotopic (exact) mass is 1090 g/mol. The van der Waals surface area contributed by atoms with Gasteiger partial charge in [0.15, 0.2) is 40.0 Å². The van der Waals surface area contributed by atoms with Gasteiger partial charge in [0.2, 0.25) is 6.79 Å². The van der Waals surface area contributed by atoms with Crippen molar-refractivity contribution in [3.63, 3.8) is 0 Å². The first-order chi connectivity index (χ1) is 37.5. The molecule has 1 spiro atoms. The summed E-state index contributed by atoms with van der Waals surface area (Å²) in [5.41, 5.74) is 2.27. The molecule has 1 amide bonds. The Kier molecular flexibility index (Phi) is 17.4. The van der Waals surface area contributed by atoms with Crippen molar-refractivity contribution in [1.82, 2.24) is 15.1 Å². The van der Waals surface area contributed by atoms with E-state index in [1.807, 2.05) is 17.9 Å². The second-order valence-corrected chi connectivity index (χ2v) is 23.9. The van der Waals surface area contributed by atoms with Gasteiger partial charge < -0.3 is 43.0 Å². The molecule has 7 heterocycles. The van der Waals surface area contributed by atoms with Crippen LogP contribution in [0.25, 0.3) is 0 Å². The van der Waals surface area contributed by atoms with Crippen LogP contribution in [0.15, 0.2) is 18.2 Å². The van der Waals surface area contributed by atoms with Gasteiger partial charge in [-0.25, -0.2) is 9.59 Å². The van der Waals surface area contributed by atoms with Gasteiger partial charge in [-0.15, -0.1) is 11.8 Å². The zero-order valence-corrected chi connectivity index (χ0v) is 47.8. The minimum Gasteiger partial charge on any atom is -0.504 e. The van der Waals surface area contributed by atoms with Crippen LogP contribution in [0, 0.1) is 25.2 Å². The van der Waals surface area contributed by atoms with Crippen LogP contribution in [-0.2, 0) is 42.2 Å². The van der Waals surface area contributed by atoms with Crippen molar-refractivity contribution in [2.75, 3.05) is 39.9 Å². The summed E-state index contributed by atoms with van der Waals surface area (Å²) in [6.07, 6.45) is 15.8. The molecule has 18 heteroatoms. The van der Waals surface area contributed by atoms with Crippen molar-refractivity contribution in [1.29, 1.82) is 5.26 Å². The van der Waals surface area contributed by atoms with Crippen LogP contribution in [0.5, 0.6) is 40.2 Å². The summed E-state index contributed by atoms with van der Waals surface area (Å²) in [7, 11) is 2.97. The SMILES string of the molecule is CCCCCCCCCCCCCCCC(=O)Oc1cc2c(cc1OC)[C@@]1(CS[C@@H]3c4c(OC(C)=O)c(C)c5c(c4[C@@H](COC1=O)N1C3[C@H]3c4c(cc(C)c(OC)c4O)C[C@H]([C@@H]1C#N)N3C(=O)OC(C)(C)C)OCO5)NCC2. The van der Waals surface area contributed by atoms with Crippen molar-refractivity contribution in [2.45, 2.75) is 198 Å². The number of unbranched alkanes of at least 4 members (excludes halogenated alkanes) is 12. The molecule has 7 aliphatic heterocycles. The van der Waals surface area contributed by atoms with Gasteiger partial charge in [0, 0.05) is 47.9 Å². The van der Waals surface area contributed by atoms with E-state index in [4.69, 9.17) is 37.9 Å². The quantitative estimate of drug-likeness (QED) is 0.0690. The predicted octanol–water partition coefficient (Wildman–Crippen LogP) is 11.0. The fraction of sp³-hybridized carbons (Fsp3) is 0.617. The third-order valence-corrected chi connectivity index (χ3v) is 17.9. The maximum absolute atomic E-state index is 15.4. The van der Waals surface area contributed by atoms with Crippen LogP contribution >= 0.6 is 11.8 Å². The largest absolute Gasteiger partial charge is 0.504 e. The maximum Gasteiger partial charge on any atom is 0.411 e. The fourth-order valence-electron chi connectivity index (χ4n) is 13.0. The number of rotatable bonds is 18. The number of methoxy groups -OCH3 is 2. The molecule has 3 aromatic rings. The predicted molar refractivity (Wildman–Crippen MR) is 293 cm³/mol. The molecular formula is C60H78N4O13S. The number of aryl methyl sites for hydroxylation is 1. The third kappa shape index (κ3) is 10.8. The average Bonchev–Trinajstić information content (AvgIpc) is 3.92. The number of esters is 3. The number of ether oxygens (including phenoxy) is 8. The smallest absolute Gasteiger partial charge is 0.411 e. The summed E-state index contributed by atoms with van der Waals surface area (Å²) in [6.45, 7) is 12.4. The first-order valence-electron chi connectivity index (χ1n) is 28.2. The van der Waals surface area contributed by atoms with Gasteiger partial charge in [-0.05, 0) is 88.3 Å². The molecule has 0 aromatic heterocycles. The van der Waals surface area contributed by atoms with Gasteiger partial charge >= 0.3 is 24.0 Å². The van der Waals surface area contributed by atoms with E-state index in [9.17, 15) is 20.0 Å². The Morgan fingerprint density at radius 2 is 1.54 bits per heavy atom. The normalized spacial score (nSPS) is 23.7. The second-order valence-electron chi connectivity index (χ2n) is 22.8. The maximum atomic E-state index is 15.4. The molecule has 1 unspecified atom stereocenters. The second kappa shape index (κ2) is 23.8. The number of nitrogens with zero attached hydrogens (tertiary/aromatic N) is 3. The summed E-state index contributed by atoms with van der Waals surface area (Å²) >= 11 is 1.36. The number of hydrogen-bond donors (Lipinski definition) is 2. The molecule has 2 saturated heterocycles. The highest BCUT2D eigenvalue weighted by Gasteiger charge is 2.64. The number of amides is 1. The molecule has 7 aliphatic rings. The number of nitrogens with one attached hydrogen (secondary N) is 1. The number of fused-ring (bicyclic) bond motifs is 9. The average molecular weight is 1100 g/mol. The minimum absolute atomic E-state index is 0.00213. The lowest BCUT2D eigenvalue weighted by molar-refractivity contribution is -0.157. The van der Waals surface area contributed by atoms with Crippen LogP contribution in [0.3, 0.4) is 0 Å². The molecule has 422 valence electrons. The van der Waals surface area contributed by atoms with E-state index in [0.717, 1.165) is 30.4 Å². The molecule has 0 radical (unpaired) electrons. The van der Waals surface area contributed by atoms with Gasteiger partial charge in [-0.2, -0.15) is 5.26 Å². The fourth-order valence-corrected chi connectivity index (χ4v) is 14.7. The molecule has 17 nitrogen and oxygen atoms in total. The van der Waals surface area contributed by atoms with Gasteiger partial charge in [-0.3, -0.25) is 24.7 Å². The Balaban J connectivity index is 1.09. The van der Waals surface area contributed by atoms with Gasteiger partial charge in [-0.1, -0.05) is 90.0 Å². The molecular weight excluding hydrogens is 1020 g/mol. The lowest BCUT2D eigenvalue weighted by Crippen LogP contribution is -2.71. The molecule has 7 atom stereocenters. The summed E-state index contributed by atoms with van der Waals surface area (Å²) in [5.74, 6) is 0.0258. The molecule has 0 aliphatic carbocycles. The van der Waals surface area contributed by atoms with E-state index in [1.54, 1.807) is 44.7 Å². The molecule has 2 N–H and O–H groups in total. The summed E-state index contributed by atoms with van der Waals surface area (Å²) in [6, 6.07) is 3.35. The van der Waals surface area contributed by atoms with E-state index < -0.39 is 64.6 Å². The zero-order valence-electron chi connectivity index (χ0n) is 46.9. The van der Waals surface area contributed by atoms with Gasteiger partial charge in [0.1, 0.15) is 24.0 Å². The van der Waals surface area contributed by atoms with Crippen molar-refractivity contribution in [3.8, 4) is 46.3 Å². The Labute approximate surface area is 463 Å². The van der Waals surface area contributed by atoms with Crippen LogP contribution in [0.4, 0.5) is 4.79 Å². The molecule has 0 saturated carbocycles. The van der Waals surface area contributed by atoms with Crippen LogP contribution in [-0.4, -0.2) is 103 Å². The van der Waals surface area contributed by atoms with Crippen molar-refractivity contribution in [2.24, 2.45) is 0 Å². The first kappa shape index (κ1) is 56.8. The Bertz CT molecular complexity index is 2830. The Morgan fingerprint density at radius 1 is 0.859 bits per heavy atom. The molecule has 78 heavy (non-hydrogen) atoms. The van der Waals surface area contributed by atoms with Gasteiger partial charge in [0.05, 0.1) is 49.7 Å². The molecule has 2 fully saturated rings. The van der Waals surface area contributed by atoms with Crippen LogP contribution in [0.2, 0.25) is 0 Å². The van der Waals surface area contributed by atoms with Crippen LogP contribution < -0.4 is 33.7 Å². The molecule has 10 rings (SSSR count). The zero-order chi connectivity index (χ0) is 55.6. The molecule has 3 aromatic carbocycles. The number of hydrogen-bond acceptors (Lipinski definition) is 17. The number of nitriles is 1. The number of phenolic OH excluding ortho intramolecular Hbond substituents is 1. The van der Waals surface area contributed by atoms with Crippen molar-refractivity contribution in [3.05, 3.63) is 62.7 Å². The summed E-state index contributed by atoms with van der Waals surface area (Å²) < 4.78 is 49.3. The lowest BCUT2D eigenvalue weighted by Gasteiger charge is -2.62. The Morgan fingerprint density at radius 3 is 2.18 bits per heavy atom. The van der Waals surface area contributed by atoms with E-state index in [-0.39, 0.29) is 66.7 Å². The topological polar surface area (TPSA) is 205 Å². The number of carbonyl (C=O) groups is 4. The van der Waals surface area contributed by atoms with Gasteiger partial charge in [0.25, 0.3) is 0 Å². The highest BCUT2D eigenvalue weighted by atomic mass is 32.2.